The Hall–Kier alpha value is -0.520. The fraction of sp³-hybridized carbons (Fsp3) is 0.600. The van der Waals surface area contributed by atoms with E-state index in [0.717, 1.165) is 32.5 Å². The van der Waals surface area contributed by atoms with Crippen LogP contribution < -0.4 is 5.32 Å². The van der Waals surface area contributed by atoms with E-state index in [4.69, 9.17) is 0 Å². The van der Waals surface area contributed by atoms with Crippen molar-refractivity contribution in [2.45, 2.75) is 38.8 Å². The maximum Gasteiger partial charge on any atom is 0.144 e. The summed E-state index contributed by atoms with van der Waals surface area (Å²) in [6.45, 7) is 5.15. The summed E-state index contributed by atoms with van der Waals surface area (Å²) < 4.78 is 28.2. The molecule has 1 atom stereocenters. The fourth-order valence-electron chi connectivity index (χ4n) is 2.71. The Morgan fingerprint density at radius 2 is 2.20 bits per heavy atom. The summed E-state index contributed by atoms with van der Waals surface area (Å²) in [5.74, 6) is -0.948. The summed E-state index contributed by atoms with van der Waals surface area (Å²) in [6.07, 6.45) is 3.30. The molecule has 1 aliphatic rings. The van der Waals surface area contributed by atoms with Gasteiger partial charge in [0.15, 0.2) is 0 Å². The van der Waals surface area contributed by atoms with Crippen LogP contribution in [0.2, 0.25) is 0 Å². The number of nitrogens with zero attached hydrogens (tertiary/aromatic N) is 1. The zero-order valence-electron chi connectivity index (χ0n) is 11.8. The van der Waals surface area contributed by atoms with E-state index < -0.39 is 11.6 Å². The maximum atomic E-state index is 14.0. The second-order valence-electron chi connectivity index (χ2n) is 5.35. The largest absolute Gasteiger partial charge is 0.313 e. The molecule has 2 rings (SSSR count). The third kappa shape index (κ3) is 3.99. The van der Waals surface area contributed by atoms with E-state index in [9.17, 15) is 8.78 Å². The van der Waals surface area contributed by atoms with Gasteiger partial charge in [-0.05, 0) is 60.4 Å². The van der Waals surface area contributed by atoms with Crippen molar-refractivity contribution < 1.29 is 8.78 Å². The molecule has 2 nitrogen and oxygen atoms in total. The quantitative estimate of drug-likeness (QED) is 0.790. The first kappa shape index (κ1) is 15.9. The average molecular weight is 347 g/mol. The predicted molar refractivity (Wildman–Crippen MR) is 80.7 cm³/mol. The van der Waals surface area contributed by atoms with Crippen LogP contribution in [0.25, 0.3) is 0 Å². The Bertz CT molecular complexity index is 448. The van der Waals surface area contributed by atoms with Crippen molar-refractivity contribution in [1.29, 1.82) is 0 Å². The molecule has 1 heterocycles. The number of nitrogens with one attached hydrogen (secondary N) is 1. The molecule has 1 fully saturated rings. The highest BCUT2D eigenvalue weighted by Crippen LogP contribution is 2.23. The summed E-state index contributed by atoms with van der Waals surface area (Å²) in [5, 5.41) is 3.43. The molecule has 0 spiro atoms. The highest BCUT2D eigenvalue weighted by atomic mass is 79.9. The molecule has 0 aromatic heterocycles. The van der Waals surface area contributed by atoms with Crippen molar-refractivity contribution in [2.24, 2.45) is 0 Å². The van der Waals surface area contributed by atoms with Crippen LogP contribution in [0.5, 0.6) is 0 Å². The Morgan fingerprint density at radius 1 is 1.40 bits per heavy atom. The van der Waals surface area contributed by atoms with Crippen molar-refractivity contribution in [3.63, 3.8) is 0 Å². The van der Waals surface area contributed by atoms with Gasteiger partial charge in [-0.1, -0.05) is 6.92 Å². The minimum atomic E-state index is -0.481. The molecule has 20 heavy (non-hydrogen) atoms. The Morgan fingerprint density at radius 3 is 2.85 bits per heavy atom. The number of halogens is 3. The Labute approximate surface area is 127 Å². The van der Waals surface area contributed by atoms with Crippen LogP contribution in [0.4, 0.5) is 8.78 Å². The minimum absolute atomic E-state index is 0.158. The first-order chi connectivity index (χ1) is 9.61. The summed E-state index contributed by atoms with van der Waals surface area (Å²) in [4.78, 5) is 2.14. The van der Waals surface area contributed by atoms with E-state index in [2.05, 4.69) is 33.1 Å². The Kier molecular flexibility index (Phi) is 5.93. The molecule has 5 heteroatoms. The molecule has 1 aromatic rings. The molecule has 1 saturated heterocycles. The van der Waals surface area contributed by atoms with Crippen molar-refractivity contribution in [1.82, 2.24) is 10.2 Å². The van der Waals surface area contributed by atoms with Crippen LogP contribution in [0, 0.1) is 11.6 Å². The minimum Gasteiger partial charge on any atom is -0.313 e. The predicted octanol–water partition coefficient (Wildman–Crippen LogP) is 3.69. The van der Waals surface area contributed by atoms with Crippen LogP contribution in [-0.2, 0) is 6.54 Å². The monoisotopic (exact) mass is 346 g/mol. The van der Waals surface area contributed by atoms with Crippen LogP contribution in [0.15, 0.2) is 16.6 Å². The lowest BCUT2D eigenvalue weighted by Gasteiger charge is -2.25. The van der Waals surface area contributed by atoms with Gasteiger partial charge in [0.25, 0.3) is 0 Å². The number of hydrogen-bond donors (Lipinski definition) is 1. The van der Waals surface area contributed by atoms with Gasteiger partial charge in [0.2, 0.25) is 0 Å². The van der Waals surface area contributed by atoms with E-state index in [1.165, 1.54) is 18.6 Å². The molecule has 1 aromatic carbocycles. The highest BCUT2D eigenvalue weighted by molar-refractivity contribution is 9.10. The fourth-order valence-corrected chi connectivity index (χ4v) is 3.08. The zero-order chi connectivity index (χ0) is 14.5. The lowest BCUT2D eigenvalue weighted by atomic mass is 10.1. The van der Waals surface area contributed by atoms with Crippen LogP contribution in [-0.4, -0.2) is 30.6 Å². The van der Waals surface area contributed by atoms with Gasteiger partial charge in [-0.15, -0.1) is 0 Å². The Balaban J connectivity index is 2.08. The third-order valence-corrected chi connectivity index (χ3v) is 4.31. The van der Waals surface area contributed by atoms with E-state index in [0.29, 0.717) is 17.1 Å². The summed E-state index contributed by atoms with van der Waals surface area (Å²) >= 11 is 3.12. The molecule has 0 amide bonds. The van der Waals surface area contributed by atoms with E-state index >= 15 is 0 Å². The average Bonchev–Trinajstić information content (AvgIpc) is 2.92. The maximum absolute atomic E-state index is 14.0. The van der Waals surface area contributed by atoms with Crippen LogP contribution in [0.1, 0.15) is 31.7 Å². The van der Waals surface area contributed by atoms with Crippen molar-refractivity contribution in [2.75, 3.05) is 19.6 Å². The van der Waals surface area contributed by atoms with Crippen molar-refractivity contribution in [3.05, 3.63) is 33.8 Å². The molecule has 0 radical (unpaired) electrons. The van der Waals surface area contributed by atoms with E-state index in [1.807, 2.05) is 0 Å². The topological polar surface area (TPSA) is 15.3 Å². The summed E-state index contributed by atoms with van der Waals surface area (Å²) in [5.41, 5.74) is 0.158. The van der Waals surface area contributed by atoms with Gasteiger partial charge >= 0.3 is 0 Å². The second-order valence-corrected chi connectivity index (χ2v) is 6.20. The van der Waals surface area contributed by atoms with Gasteiger partial charge in [-0.25, -0.2) is 8.78 Å². The normalized spacial score (nSPS) is 18.9. The molecule has 1 unspecified atom stereocenters. The smallest absolute Gasteiger partial charge is 0.144 e. The van der Waals surface area contributed by atoms with Crippen molar-refractivity contribution in [3.8, 4) is 0 Å². The molecule has 0 bridgehead atoms. The van der Waals surface area contributed by atoms with E-state index in [1.54, 1.807) is 0 Å². The van der Waals surface area contributed by atoms with Gasteiger partial charge in [0.1, 0.15) is 11.6 Å². The van der Waals surface area contributed by atoms with Gasteiger partial charge < -0.3 is 5.32 Å². The first-order valence-corrected chi connectivity index (χ1v) is 7.99. The second kappa shape index (κ2) is 7.48. The molecule has 0 aliphatic carbocycles. The van der Waals surface area contributed by atoms with Crippen LogP contribution >= 0.6 is 15.9 Å². The first-order valence-electron chi connectivity index (χ1n) is 7.20. The van der Waals surface area contributed by atoms with Gasteiger partial charge in [0, 0.05) is 24.7 Å². The summed E-state index contributed by atoms with van der Waals surface area (Å²) in [7, 11) is 0. The lowest BCUT2D eigenvalue weighted by Crippen LogP contribution is -2.38. The number of hydrogen-bond acceptors (Lipinski definition) is 2. The molecular weight excluding hydrogens is 326 g/mol. The van der Waals surface area contributed by atoms with Gasteiger partial charge in [-0.3, -0.25) is 4.90 Å². The molecule has 112 valence electrons. The SMILES string of the molecule is CCCN(Cc1c(F)ccc(Br)c1F)CC1CCCN1. The summed E-state index contributed by atoms with van der Waals surface area (Å²) in [6, 6.07) is 3.18. The van der Waals surface area contributed by atoms with Crippen LogP contribution in [0.3, 0.4) is 0 Å². The number of rotatable bonds is 6. The lowest BCUT2D eigenvalue weighted by molar-refractivity contribution is 0.235. The zero-order valence-corrected chi connectivity index (χ0v) is 13.3. The van der Waals surface area contributed by atoms with Gasteiger partial charge in [0.05, 0.1) is 4.47 Å². The number of benzene rings is 1. The third-order valence-electron chi connectivity index (χ3n) is 3.70. The van der Waals surface area contributed by atoms with Crippen molar-refractivity contribution >= 4 is 15.9 Å². The highest BCUT2D eigenvalue weighted by Gasteiger charge is 2.20. The molecule has 1 N–H and O–H groups in total. The van der Waals surface area contributed by atoms with Gasteiger partial charge in [-0.2, -0.15) is 0 Å². The standard InChI is InChI=1S/C15H21BrF2N2/c1-2-8-20(9-11-4-3-7-19-11)10-12-14(17)6-5-13(16)15(12)18/h5-6,11,19H,2-4,7-10H2,1H3. The molecule has 0 saturated carbocycles. The molecule has 1 aliphatic heterocycles. The van der Waals surface area contributed by atoms with E-state index in [-0.39, 0.29) is 5.56 Å². The molecular formula is C15H21BrF2N2.